The van der Waals surface area contributed by atoms with E-state index in [1.807, 2.05) is 0 Å². The van der Waals surface area contributed by atoms with Gasteiger partial charge in [-0.25, -0.2) is 8.42 Å². The molecule has 1 heterocycles. The molecule has 1 aromatic heterocycles. The van der Waals surface area contributed by atoms with Crippen LogP contribution in [0.1, 0.15) is 59.5 Å². The van der Waals surface area contributed by atoms with Gasteiger partial charge in [0.2, 0.25) is 0 Å². The number of nitrogens with one attached hydrogen (secondary N) is 1. The molecule has 1 N–H and O–H groups in total. The summed E-state index contributed by atoms with van der Waals surface area (Å²) in [6.45, 7) is 0. The Morgan fingerprint density at radius 2 is 1.61 bits per heavy atom. The zero-order chi connectivity index (χ0) is 25.9. The molecule has 0 amide bonds. The molecule has 190 valence electrons. The van der Waals surface area contributed by atoms with Crippen LogP contribution in [0.3, 0.4) is 0 Å². The van der Waals surface area contributed by atoms with Crippen LogP contribution in [0.2, 0.25) is 5.02 Å². The normalized spacial score (nSPS) is 18.6. The van der Waals surface area contributed by atoms with Gasteiger partial charge in [0.25, 0.3) is 10.0 Å². The number of aromatic nitrogens is 1. The molecule has 0 saturated heterocycles. The molecule has 1 fully saturated rings. The van der Waals surface area contributed by atoms with Crippen molar-refractivity contribution in [3.63, 3.8) is 0 Å². The Balaban J connectivity index is 1.48. The highest BCUT2D eigenvalue weighted by molar-refractivity contribution is 7.92. The molecule has 0 bridgehead atoms. The number of alkyl halides is 3. The zero-order valence-corrected chi connectivity index (χ0v) is 20.7. The number of sulfonamides is 1. The minimum absolute atomic E-state index is 0.00858. The van der Waals surface area contributed by atoms with Crippen LogP contribution in [-0.2, 0) is 10.0 Å². The standard InChI is InChI=1S/C26H24ClF3N2O3S/c27-21-7-10-24(23(15-21)25(33)20-11-13-31-14-12-20)32-36(34,35)22-8-5-19(6-9-22)18-3-1-17(2-4-18)16-26(28,29)30/h5-15,17-18,32H,1-4,16H2. The van der Waals surface area contributed by atoms with Crippen LogP contribution in [0, 0.1) is 5.92 Å². The molecule has 4 rings (SSSR count). The van der Waals surface area contributed by atoms with Crippen molar-refractivity contribution in [1.29, 1.82) is 0 Å². The third-order valence-electron chi connectivity index (χ3n) is 6.44. The lowest BCUT2D eigenvalue weighted by Crippen LogP contribution is -2.20. The molecule has 1 aliphatic carbocycles. The molecule has 36 heavy (non-hydrogen) atoms. The first-order valence-electron chi connectivity index (χ1n) is 11.5. The number of nitrogens with zero attached hydrogens (tertiary/aromatic N) is 1. The number of halogens is 4. The summed E-state index contributed by atoms with van der Waals surface area (Å²) >= 11 is 6.07. The van der Waals surface area contributed by atoms with Gasteiger partial charge in [0.15, 0.2) is 5.78 Å². The third-order valence-corrected chi connectivity index (χ3v) is 8.06. The van der Waals surface area contributed by atoms with Crippen molar-refractivity contribution in [1.82, 2.24) is 4.98 Å². The summed E-state index contributed by atoms with van der Waals surface area (Å²) in [4.78, 5) is 16.9. The van der Waals surface area contributed by atoms with Crippen molar-refractivity contribution in [3.8, 4) is 0 Å². The predicted octanol–water partition coefficient (Wildman–Crippen LogP) is 6.99. The highest BCUT2D eigenvalue weighted by Gasteiger charge is 2.34. The van der Waals surface area contributed by atoms with Gasteiger partial charge in [-0.15, -0.1) is 0 Å². The van der Waals surface area contributed by atoms with Crippen molar-refractivity contribution in [2.45, 2.75) is 49.1 Å². The third kappa shape index (κ3) is 6.44. The Labute approximate surface area is 212 Å². The monoisotopic (exact) mass is 536 g/mol. The first-order chi connectivity index (χ1) is 17.0. The number of hydrogen-bond donors (Lipinski definition) is 1. The van der Waals surface area contributed by atoms with E-state index in [1.54, 1.807) is 12.1 Å². The van der Waals surface area contributed by atoms with Gasteiger partial charge in [-0.1, -0.05) is 23.7 Å². The van der Waals surface area contributed by atoms with Crippen LogP contribution in [0.15, 0.2) is 71.9 Å². The summed E-state index contributed by atoms with van der Waals surface area (Å²) in [5, 5.41) is 0.282. The number of pyridine rings is 1. The second kappa shape index (κ2) is 10.6. The fraction of sp³-hybridized carbons (Fsp3) is 0.308. The van der Waals surface area contributed by atoms with Crippen LogP contribution in [-0.4, -0.2) is 25.4 Å². The van der Waals surface area contributed by atoms with Crippen LogP contribution < -0.4 is 4.72 Å². The number of ketones is 1. The smallest absolute Gasteiger partial charge is 0.289 e. The van der Waals surface area contributed by atoms with E-state index in [9.17, 15) is 26.4 Å². The summed E-state index contributed by atoms with van der Waals surface area (Å²) in [6.07, 6.45) is 0.296. The van der Waals surface area contributed by atoms with E-state index in [4.69, 9.17) is 11.6 Å². The second-order valence-corrected chi connectivity index (χ2v) is 11.1. The molecular formula is C26H24ClF3N2O3S. The van der Waals surface area contributed by atoms with Crippen LogP contribution in [0.25, 0.3) is 0 Å². The molecule has 10 heteroatoms. The van der Waals surface area contributed by atoms with E-state index in [2.05, 4.69) is 9.71 Å². The lowest BCUT2D eigenvalue weighted by molar-refractivity contribution is -0.146. The van der Waals surface area contributed by atoms with E-state index >= 15 is 0 Å². The fourth-order valence-electron chi connectivity index (χ4n) is 4.60. The summed E-state index contributed by atoms with van der Waals surface area (Å²) in [6, 6.07) is 13.7. The van der Waals surface area contributed by atoms with Gasteiger partial charge in [0.05, 0.1) is 10.6 Å². The highest BCUT2D eigenvalue weighted by atomic mass is 35.5. The first kappa shape index (κ1) is 26.2. The van der Waals surface area contributed by atoms with E-state index in [0.717, 1.165) is 5.56 Å². The average Bonchev–Trinajstić information content (AvgIpc) is 2.85. The molecule has 0 atom stereocenters. The van der Waals surface area contributed by atoms with Gasteiger partial charge in [0.1, 0.15) is 0 Å². The minimum Gasteiger partial charge on any atom is -0.289 e. The Kier molecular flexibility index (Phi) is 7.70. The van der Waals surface area contributed by atoms with Gasteiger partial charge in [-0.2, -0.15) is 13.2 Å². The van der Waals surface area contributed by atoms with Gasteiger partial charge in [-0.05, 0) is 85.5 Å². The van der Waals surface area contributed by atoms with E-state index in [0.29, 0.717) is 31.2 Å². The molecule has 0 radical (unpaired) electrons. The minimum atomic E-state index is -4.15. The molecule has 1 aliphatic rings. The Morgan fingerprint density at radius 3 is 2.22 bits per heavy atom. The lowest BCUT2D eigenvalue weighted by Gasteiger charge is -2.29. The van der Waals surface area contributed by atoms with Crippen molar-refractivity contribution >= 4 is 33.1 Å². The molecule has 0 unspecified atom stereocenters. The second-order valence-electron chi connectivity index (χ2n) is 8.97. The summed E-state index contributed by atoms with van der Waals surface area (Å²) in [7, 11) is -4.02. The SMILES string of the molecule is O=C(c1ccncc1)c1cc(Cl)ccc1NS(=O)(=O)c1ccc(C2CCC(CC(F)(F)F)CC2)cc1. The number of benzene rings is 2. The molecule has 1 saturated carbocycles. The maximum Gasteiger partial charge on any atom is 0.389 e. The predicted molar refractivity (Wildman–Crippen MR) is 132 cm³/mol. The highest BCUT2D eigenvalue weighted by Crippen LogP contribution is 2.40. The molecule has 0 spiro atoms. The van der Waals surface area contributed by atoms with Crippen molar-refractivity contribution in [2.24, 2.45) is 5.92 Å². The van der Waals surface area contributed by atoms with Gasteiger partial charge in [-0.3, -0.25) is 14.5 Å². The van der Waals surface area contributed by atoms with E-state index in [1.165, 1.54) is 54.9 Å². The summed E-state index contributed by atoms with van der Waals surface area (Å²) < 4.78 is 66.6. The molecule has 0 aliphatic heterocycles. The topological polar surface area (TPSA) is 76.1 Å². The fourth-order valence-corrected chi connectivity index (χ4v) is 5.85. The zero-order valence-electron chi connectivity index (χ0n) is 19.1. The number of anilines is 1. The summed E-state index contributed by atoms with van der Waals surface area (Å²) in [5.41, 5.74) is 1.43. The number of carbonyl (C=O) groups excluding carboxylic acids is 1. The molecular weight excluding hydrogens is 513 g/mol. The number of carbonyl (C=O) groups is 1. The Morgan fingerprint density at radius 1 is 0.972 bits per heavy atom. The van der Waals surface area contributed by atoms with Crippen molar-refractivity contribution < 1.29 is 26.4 Å². The maximum absolute atomic E-state index is 13.1. The Hall–Kier alpha value is -2.91. The largest absolute Gasteiger partial charge is 0.389 e. The van der Waals surface area contributed by atoms with Crippen LogP contribution in [0.5, 0.6) is 0 Å². The van der Waals surface area contributed by atoms with Crippen LogP contribution in [0.4, 0.5) is 18.9 Å². The number of hydrogen-bond acceptors (Lipinski definition) is 4. The van der Waals surface area contributed by atoms with E-state index < -0.39 is 28.4 Å². The van der Waals surface area contributed by atoms with Crippen LogP contribution >= 0.6 is 11.6 Å². The van der Waals surface area contributed by atoms with Gasteiger partial charge >= 0.3 is 6.18 Å². The van der Waals surface area contributed by atoms with Crippen molar-refractivity contribution in [3.05, 3.63) is 88.7 Å². The van der Waals surface area contributed by atoms with Gasteiger partial charge in [0, 0.05) is 35.0 Å². The summed E-state index contributed by atoms with van der Waals surface area (Å²) in [5.74, 6) is -0.664. The molecule has 5 nitrogen and oxygen atoms in total. The molecule has 3 aromatic rings. The average molecular weight is 537 g/mol. The Bertz CT molecular complexity index is 1320. The quantitative estimate of drug-likeness (QED) is 0.330. The first-order valence-corrected chi connectivity index (χ1v) is 13.3. The van der Waals surface area contributed by atoms with E-state index in [-0.39, 0.29) is 33.0 Å². The molecule has 2 aromatic carbocycles. The van der Waals surface area contributed by atoms with Crippen molar-refractivity contribution in [2.75, 3.05) is 4.72 Å². The maximum atomic E-state index is 13.1. The number of rotatable bonds is 7. The van der Waals surface area contributed by atoms with Gasteiger partial charge < -0.3 is 0 Å². The lowest BCUT2D eigenvalue weighted by atomic mass is 9.77.